The number of halogens is 4. The summed E-state index contributed by atoms with van der Waals surface area (Å²) >= 11 is 5.74. The van der Waals surface area contributed by atoms with Crippen molar-refractivity contribution in [2.24, 2.45) is 0 Å². The van der Waals surface area contributed by atoms with Crippen LogP contribution in [0.25, 0.3) is 16.8 Å². The number of fused-ring (bicyclic) bond motifs is 1. The summed E-state index contributed by atoms with van der Waals surface area (Å²) < 4.78 is 41.5. The monoisotopic (exact) mass is 517 g/mol. The molecule has 13 heteroatoms. The number of rotatable bonds is 3. The van der Waals surface area contributed by atoms with Gasteiger partial charge in [-0.2, -0.15) is 23.2 Å². The van der Waals surface area contributed by atoms with E-state index in [4.69, 9.17) is 22.2 Å². The van der Waals surface area contributed by atoms with Crippen LogP contribution < -0.4 is 11.1 Å². The van der Waals surface area contributed by atoms with Gasteiger partial charge in [0.25, 0.3) is 0 Å². The standard InChI is InChI=1S/C23H19ClF3N7O2/c1-12-18(9-15(10-29-12)14-3-5-20-31-21(28)32-33(20)11-14)30-22(35)34-19(6-7-36-34)13-2-4-17(24)16(8-13)23(25,26)27/h2-5,8-11,19H,6-7H2,1H3,(H2,28,32)(H,30,35). The third kappa shape index (κ3) is 4.52. The van der Waals surface area contributed by atoms with Gasteiger partial charge in [0.15, 0.2) is 5.65 Å². The smallest absolute Gasteiger partial charge is 0.366 e. The average Bonchev–Trinajstić information content (AvgIpc) is 3.45. The topological polar surface area (TPSA) is 111 Å². The van der Waals surface area contributed by atoms with Crippen LogP contribution in [0.3, 0.4) is 0 Å². The maximum atomic E-state index is 13.3. The summed E-state index contributed by atoms with van der Waals surface area (Å²) in [5.74, 6) is 0.144. The van der Waals surface area contributed by atoms with Gasteiger partial charge in [-0.3, -0.25) is 9.82 Å². The Morgan fingerprint density at radius 1 is 1.22 bits per heavy atom. The molecule has 1 unspecified atom stereocenters. The molecular weight excluding hydrogens is 499 g/mol. The molecule has 9 nitrogen and oxygen atoms in total. The van der Waals surface area contributed by atoms with Gasteiger partial charge in [-0.25, -0.2) is 9.31 Å². The minimum atomic E-state index is -4.62. The van der Waals surface area contributed by atoms with Crippen LogP contribution >= 0.6 is 11.6 Å². The molecule has 1 aliphatic heterocycles. The molecule has 3 aromatic heterocycles. The second-order valence-corrected chi connectivity index (χ2v) is 8.59. The number of amides is 2. The highest BCUT2D eigenvalue weighted by atomic mass is 35.5. The van der Waals surface area contributed by atoms with Crippen LogP contribution in [0, 0.1) is 6.92 Å². The SMILES string of the molecule is Cc1ncc(-c2ccc3nc(N)nn3c2)cc1NC(=O)N1OCCC1c1ccc(Cl)c(C(F)(F)F)c1. The van der Waals surface area contributed by atoms with Crippen molar-refractivity contribution in [3.63, 3.8) is 0 Å². The molecule has 3 N–H and O–H groups in total. The number of nitrogens with zero attached hydrogens (tertiary/aromatic N) is 5. The largest absolute Gasteiger partial charge is 0.417 e. The number of carbonyl (C=O) groups is 1. The summed E-state index contributed by atoms with van der Waals surface area (Å²) in [7, 11) is 0. The van der Waals surface area contributed by atoms with Crippen LogP contribution in [0.2, 0.25) is 5.02 Å². The van der Waals surface area contributed by atoms with Crippen molar-refractivity contribution in [1.82, 2.24) is 24.6 Å². The molecule has 1 atom stereocenters. The van der Waals surface area contributed by atoms with Crippen molar-refractivity contribution in [1.29, 1.82) is 0 Å². The van der Waals surface area contributed by atoms with E-state index in [2.05, 4.69) is 20.4 Å². The lowest BCUT2D eigenvalue weighted by Crippen LogP contribution is -2.34. The van der Waals surface area contributed by atoms with Crippen molar-refractivity contribution in [2.45, 2.75) is 25.6 Å². The molecule has 1 aliphatic rings. The van der Waals surface area contributed by atoms with Gasteiger partial charge >= 0.3 is 12.2 Å². The van der Waals surface area contributed by atoms with Crippen LogP contribution in [0.4, 0.5) is 29.6 Å². The molecule has 36 heavy (non-hydrogen) atoms. The van der Waals surface area contributed by atoms with E-state index in [1.807, 2.05) is 6.07 Å². The van der Waals surface area contributed by atoms with Gasteiger partial charge in [0.1, 0.15) is 0 Å². The normalized spacial score (nSPS) is 16.0. The Labute approximate surface area is 207 Å². The molecule has 1 saturated heterocycles. The fourth-order valence-corrected chi connectivity index (χ4v) is 4.22. The fourth-order valence-electron chi connectivity index (χ4n) is 4.00. The summed E-state index contributed by atoms with van der Waals surface area (Å²) in [5.41, 5.74) is 7.93. The number of pyridine rings is 2. The summed E-state index contributed by atoms with van der Waals surface area (Å²) in [5, 5.41) is 7.48. The van der Waals surface area contributed by atoms with Crippen LogP contribution in [-0.4, -0.2) is 37.3 Å². The molecule has 186 valence electrons. The van der Waals surface area contributed by atoms with Crippen molar-refractivity contribution in [3.05, 3.63) is 70.6 Å². The van der Waals surface area contributed by atoms with Crippen LogP contribution in [0.5, 0.6) is 0 Å². The highest BCUT2D eigenvalue weighted by molar-refractivity contribution is 6.31. The minimum Gasteiger partial charge on any atom is -0.366 e. The second kappa shape index (κ2) is 8.95. The van der Waals surface area contributed by atoms with E-state index in [0.717, 1.165) is 16.7 Å². The Morgan fingerprint density at radius 3 is 2.81 bits per heavy atom. The molecule has 0 spiro atoms. The number of nitrogens with two attached hydrogens (primary N) is 1. The summed E-state index contributed by atoms with van der Waals surface area (Å²) in [6, 6.07) is 7.52. The predicted molar refractivity (Wildman–Crippen MR) is 126 cm³/mol. The van der Waals surface area contributed by atoms with Gasteiger partial charge in [-0.15, -0.1) is 5.10 Å². The van der Waals surface area contributed by atoms with Crippen LogP contribution in [0.1, 0.15) is 29.3 Å². The van der Waals surface area contributed by atoms with Gasteiger partial charge in [-0.05, 0) is 42.8 Å². The van der Waals surface area contributed by atoms with E-state index in [0.29, 0.717) is 29.0 Å². The number of nitrogens with one attached hydrogen (secondary N) is 1. The minimum absolute atomic E-state index is 0.144. The maximum absolute atomic E-state index is 13.3. The van der Waals surface area contributed by atoms with E-state index in [9.17, 15) is 18.0 Å². The van der Waals surface area contributed by atoms with Gasteiger partial charge < -0.3 is 11.1 Å². The molecular formula is C23H19ClF3N7O2. The molecule has 0 radical (unpaired) electrons. The highest BCUT2D eigenvalue weighted by Gasteiger charge is 2.37. The number of hydrogen-bond acceptors (Lipinski definition) is 6. The van der Waals surface area contributed by atoms with E-state index < -0.39 is 28.8 Å². The molecule has 4 aromatic rings. The number of benzene rings is 1. The number of nitrogen functional groups attached to an aromatic ring is 1. The number of hydrogen-bond donors (Lipinski definition) is 2. The third-order valence-electron chi connectivity index (χ3n) is 5.79. The van der Waals surface area contributed by atoms with Gasteiger partial charge in [0, 0.05) is 29.9 Å². The van der Waals surface area contributed by atoms with E-state index in [-0.39, 0.29) is 18.1 Å². The molecule has 4 heterocycles. The van der Waals surface area contributed by atoms with Crippen molar-refractivity contribution in [2.75, 3.05) is 17.7 Å². The Balaban J connectivity index is 1.40. The van der Waals surface area contributed by atoms with E-state index in [1.165, 1.54) is 16.6 Å². The Morgan fingerprint density at radius 2 is 2.03 bits per heavy atom. The number of carbonyl (C=O) groups excluding carboxylic acids is 1. The Bertz CT molecular complexity index is 1470. The van der Waals surface area contributed by atoms with E-state index >= 15 is 0 Å². The second-order valence-electron chi connectivity index (χ2n) is 8.18. The van der Waals surface area contributed by atoms with Crippen molar-refractivity contribution >= 4 is 34.9 Å². The zero-order valence-electron chi connectivity index (χ0n) is 18.8. The predicted octanol–water partition coefficient (Wildman–Crippen LogP) is 5.26. The first-order valence-corrected chi connectivity index (χ1v) is 11.2. The quantitative estimate of drug-likeness (QED) is 0.383. The molecule has 1 fully saturated rings. The van der Waals surface area contributed by atoms with Crippen LogP contribution in [-0.2, 0) is 11.0 Å². The first-order chi connectivity index (χ1) is 17.1. The van der Waals surface area contributed by atoms with Crippen molar-refractivity contribution < 1.29 is 22.8 Å². The Hall–Kier alpha value is -3.90. The van der Waals surface area contributed by atoms with Crippen LogP contribution in [0.15, 0.2) is 48.8 Å². The van der Waals surface area contributed by atoms with Gasteiger partial charge in [-0.1, -0.05) is 17.7 Å². The number of urea groups is 1. The summed E-state index contributed by atoms with van der Waals surface area (Å²) in [6.07, 6.45) is -0.919. The summed E-state index contributed by atoms with van der Waals surface area (Å²) in [4.78, 5) is 27.0. The lowest BCUT2D eigenvalue weighted by atomic mass is 10.0. The number of anilines is 2. The number of aryl methyl sites for hydroxylation is 1. The maximum Gasteiger partial charge on any atom is 0.417 e. The van der Waals surface area contributed by atoms with Gasteiger partial charge in [0.2, 0.25) is 5.95 Å². The first kappa shape index (κ1) is 23.8. The molecule has 5 rings (SSSR count). The molecule has 0 saturated carbocycles. The highest BCUT2D eigenvalue weighted by Crippen LogP contribution is 2.39. The number of alkyl halides is 3. The molecule has 0 aliphatic carbocycles. The lowest BCUT2D eigenvalue weighted by molar-refractivity contribution is -0.137. The van der Waals surface area contributed by atoms with E-state index in [1.54, 1.807) is 31.5 Å². The molecule has 2 amide bonds. The molecule has 0 bridgehead atoms. The zero-order valence-corrected chi connectivity index (χ0v) is 19.5. The fraction of sp³-hybridized carbons (Fsp3) is 0.217. The van der Waals surface area contributed by atoms with Crippen molar-refractivity contribution in [3.8, 4) is 11.1 Å². The zero-order chi connectivity index (χ0) is 25.6. The first-order valence-electron chi connectivity index (χ1n) is 10.8. The summed E-state index contributed by atoms with van der Waals surface area (Å²) in [6.45, 7) is 1.89. The molecule has 1 aromatic carbocycles. The lowest BCUT2D eigenvalue weighted by Gasteiger charge is -2.24. The average molecular weight is 518 g/mol. The van der Waals surface area contributed by atoms with Gasteiger partial charge in [0.05, 0.1) is 34.6 Å². The third-order valence-corrected chi connectivity index (χ3v) is 6.12. The number of hydroxylamine groups is 2. The number of aromatic nitrogens is 4. The Kier molecular flexibility index (Phi) is 5.92.